The average Bonchev–Trinajstić information content (AvgIpc) is 3.30. The summed E-state index contributed by atoms with van der Waals surface area (Å²) in [6.07, 6.45) is 0.243. The molecule has 0 aliphatic heterocycles. The van der Waals surface area contributed by atoms with Gasteiger partial charge in [0.15, 0.2) is 5.78 Å². The topological polar surface area (TPSA) is 95.1 Å². The number of aromatic hydroxyl groups is 1. The lowest BCUT2D eigenvalue weighted by molar-refractivity contribution is 0.0991. The highest BCUT2D eigenvalue weighted by molar-refractivity contribution is 6.06. The highest BCUT2D eigenvalue weighted by Gasteiger charge is 2.12. The molecule has 3 N–H and O–H groups in total. The third-order valence-corrected chi connectivity index (χ3v) is 5.63. The van der Waals surface area contributed by atoms with E-state index in [4.69, 9.17) is 0 Å². The molecule has 5 aromatic rings. The molecule has 0 bridgehead atoms. The van der Waals surface area contributed by atoms with Gasteiger partial charge in [0.25, 0.3) is 5.91 Å². The first-order valence-corrected chi connectivity index (χ1v) is 10.9. The molecule has 0 saturated carbocycles. The number of phenols is 1. The van der Waals surface area contributed by atoms with E-state index in [9.17, 15) is 19.1 Å². The number of carbonyl (C=O) groups excluding carboxylic acids is 2. The Morgan fingerprint density at radius 2 is 1.54 bits per heavy atom. The Hall–Kier alpha value is -4.78. The minimum atomic E-state index is -0.371. The molecule has 6 nitrogen and oxygen atoms in total. The van der Waals surface area contributed by atoms with E-state index >= 15 is 0 Å². The number of nitrogens with one attached hydrogen (secondary N) is 2. The molecule has 1 amide bonds. The van der Waals surface area contributed by atoms with Gasteiger partial charge in [-0.05, 0) is 60.2 Å². The zero-order valence-corrected chi connectivity index (χ0v) is 18.5. The first-order valence-electron chi connectivity index (χ1n) is 10.9. The number of hydrogen-bond donors (Lipinski definition) is 3. The number of hydrogen-bond acceptors (Lipinski definition) is 4. The van der Waals surface area contributed by atoms with Gasteiger partial charge in [-0.2, -0.15) is 0 Å². The minimum Gasteiger partial charge on any atom is -0.508 e. The highest BCUT2D eigenvalue weighted by atomic mass is 19.1. The van der Waals surface area contributed by atoms with Gasteiger partial charge < -0.3 is 15.4 Å². The van der Waals surface area contributed by atoms with Crippen molar-refractivity contribution in [1.29, 1.82) is 0 Å². The second-order valence-corrected chi connectivity index (χ2v) is 8.12. The monoisotopic (exact) mass is 465 g/mol. The van der Waals surface area contributed by atoms with Crippen LogP contribution in [0.15, 0.2) is 91.0 Å². The van der Waals surface area contributed by atoms with Crippen molar-refractivity contribution < 1.29 is 19.1 Å². The summed E-state index contributed by atoms with van der Waals surface area (Å²) in [4.78, 5) is 33.0. The molecule has 0 atom stereocenters. The third-order valence-electron chi connectivity index (χ3n) is 5.63. The van der Waals surface area contributed by atoms with Gasteiger partial charge in [-0.1, -0.05) is 36.4 Å². The molecule has 1 heterocycles. The first kappa shape index (κ1) is 22.0. The number of phenolic OH excluding ortho intramolecular Hbond substituents is 1. The summed E-state index contributed by atoms with van der Waals surface area (Å²) in [6.45, 7) is 0. The standard InChI is InChI=1S/C28H20FN3O3/c29-21-8-10-22(11-9-21)30-28(35)20-7-14-24-25(16-20)32-27(31-24)19-5-3-18(4-6-19)26(34)15-17-1-12-23(33)13-2-17/h1-14,16,33H,15H2,(H,30,35)(H,31,32). The van der Waals surface area contributed by atoms with Crippen molar-refractivity contribution in [2.75, 3.05) is 5.32 Å². The summed E-state index contributed by atoms with van der Waals surface area (Å²) < 4.78 is 13.1. The van der Waals surface area contributed by atoms with E-state index in [0.29, 0.717) is 33.7 Å². The Bertz CT molecular complexity index is 1520. The lowest BCUT2D eigenvalue weighted by Gasteiger charge is -2.05. The molecule has 7 heteroatoms. The van der Waals surface area contributed by atoms with Gasteiger partial charge in [-0.3, -0.25) is 9.59 Å². The number of Topliss-reactive ketones (excluding diaryl/α,β-unsaturated/α-hetero) is 1. The van der Waals surface area contributed by atoms with Crippen LogP contribution in [0.25, 0.3) is 22.4 Å². The molecule has 0 unspecified atom stereocenters. The fraction of sp³-hybridized carbons (Fsp3) is 0.0357. The van der Waals surface area contributed by atoms with Crippen LogP contribution in [-0.4, -0.2) is 26.8 Å². The molecule has 1 aromatic heterocycles. The third kappa shape index (κ3) is 4.94. The second kappa shape index (κ2) is 9.23. The number of rotatable bonds is 6. The van der Waals surface area contributed by atoms with Crippen LogP contribution < -0.4 is 5.32 Å². The Morgan fingerprint density at radius 1 is 0.857 bits per heavy atom. The van der Waals surface area contributed by atoms with Crippen LogP contribution in [0.4, 0.5) is 10.1 Å². The van der Waals surface area contributed by atoms with Crippen LogP contribution in [0.2, 0.25) is 0 Å². The number of aromatic nitrogens is 2. The predicted molar refractivity (Wildman–Crippen MR) is 132 cm³/mol. The van der Waals surface area contributed by atoms with Crippen molar-refractivity contribution >= 4 is 28.4 Å². The number of ketones is 1. The van der Waals surface area contributed by atoms with Gasteiger partial charge in [-0.15, -0.1) is 0 Å². The summed E-state index contributed by atoms with van der Waals surface area (Å²) in [5, 5.41) is 12.1. The van der Waals surface area contributed by atoms with E-state index in [1.54, 1.807) is 54.6 Å². The van der Waals surface area contributed by atoms with E-state index in [1.165, 1.54) is 24.3 Å². The van der Waals surface area contributed by atoms with Crippen molar-refractivity contribution in [2.45, 2.75) is 6.42 Å². The Labute approximate surface area is 200 Å². The fourth-order valence-corrected chi connectivity index (χ4v) is 3.74. The molecule has 35 heavy (non-hydrogen) atoms. The van der Waals surface area contributed by atoms with Crippen molar-refractivity contribution in [3.05, 3.63) is 114 Å². The summed E-state index contributed by atoms with van der Waals surface area (Å²) in [6, 6.07) is 24.4. The van der Waals surface area contributed by atoms with Gasteiger partial charge in [0.2, 0.25) is 0 Å². The van der Waals surface area contributed by atoms with Crippen LogP contribution in [0.5, 0.6) is 5.75 Å². The summed E-state index contributed by atoms with van der Waals surface area (Å²) >= 11 is 0. The van der Waals surface area contributed by atoms with Gasteiger partial charge in [0, 0.05) is 28.8 Å². The van der Waals surface area contributed by atoms with Crippen LogP contribution >= 0.6 is 0 Å². The van der Waals surface area contributed by atoms with Crippen molar-refractivity contribution in [3.8, 4) is 17.1 Å². The highest BCUT2D eigenvalue weighted by Crippen LogP contribution is 2.23. The van der Waals surface area contributed by atoms with Gasteiger partial charge in [0.05, 0.1) is 11.0 Å². The van der Waals surface area contributed by atoms with Gasteiger partial charge in [0.1, 0.15) is 17.4 Å². The lowest BCUT2D eigenvalue weighted by Crippen LogP contribution is -2.11. The number of imidazole rings is 1. The van der Waals surface area contributed by atoms with Crippen LogP contribution in [-0.2, 0) is 6.42 Å². The quantitative estimate of drug-likeness (QED) is 0.278. The average molecular weight is 465 g/mol. The Morgan fingerprint density at radius 3 is 2.26 bits per heavy atom. The second-order valence-electron chi connectivity index (χ2n) is 8.12. The zero-order chi connectivity index (χ0) is 24.4. The van der Waals surface area contributed by atoms with Crippen LogP contribution in [0.1, 0.15) is 26.3 Å². The smallest absolute Gasteiger partial charge is 0.255 e. The number of anilines is 1. The SMILES string of the molecule is O=C(Cc1ccc(O)cc1)c1ccc(-c2nc3ccc(C(=O)Nc4ccc(F)cc4)cc3[nH]2)cc1. The molecule has 0 saturated heterocycles. The molecule has 172 valence electrons. The number of aromatic amines is 1. The molecule has 5 rings (SSSR count). The predicted octanol–water partition coefficient (Wildman–Crippen LogP) is 5.75. The number of fused-ring (bicyclic) bond motifs is 1. The maximum Gasteiger partial charge on any atom is 0.255 e. The number of amides is 1. The van der Waals surface area contributed by atoms with E-state index in [0.717, 1.165) is 11.1 Å². The summed E-state index contributed by atoms with van der Waals surface area (Å²) in [7, 11) is 0. The number of carbonyl (C=O) groups is 2. The lowest BCUT2D eigenvalue weighted by atomic mass is 10.0. The van der Waals surface area contributed by atoms with E-state index in [-0.39, 0.29) is 29.7 Å². The zero-order valence-electron chi connectivity index (χ0n) is 18.5. The molecule has 4 aromatic carbocycles. The number of H-pyrrole nitrogens is 1. The van der Waals surface area contributed by atoms with E-state index < -0.39 is 0 Å². The Balaban J connectivity index is 1.31. The van der Waals surface area contributed by atoms with Crippen molar-refractivity contribution in [3.63, 3.8) is 0 Å². The molecule has 0 spiro atoms. The largest absolute Gasteiger partial charge is 0.508 e. The van der Waals surface area contributed by atoms with Crippen molar-refractivity contribution in [1.82, 2.24) is 9.97 Å². The Kier molecular flexibility index (Phi) is 5.81. The van der Waals surface area contributed by atoms with E-state index in [1.807, 2.05) is 12.1 Å². The summed E-state index contributed by atoms with van der Waals surface area (Å²) in [5.41, 5.74) is 4.55. The number of benzene rings is 4. The maximum absolute atomic E-state index is 13.1. The number of halogens is 1. The van der Waals surface area contributed by atoms with Gasteiger partial charge >= 0.3 is 0 Å². The molecular weight excluding hydrogens is 445 g/mol. The first-order chi connectivity index (χ1) is 16.9. The minimum absolute atomic E-state index is 0.0244. The molecule has 0 aliphatic carbocycles. The molecule has 0 aliphatic rings. The molecule has 0 fully saturated rings. The number of nitrogens with zero attached hydrogens (tertiary/aromatic N) is 1. The van der Waals surface area contributed by atoms with E-state index in [2.05, 4.69) is 15.3 Å². The van der Waals surface area contributed by atoms with Gasteiger partial charge in [-0.25, -0.2) is 9.37 Å². The molecular formula is C28H20FN3O3. The maximum atomic E-state index is 13.1. The fourth-order valence-electron chi connectivity index (χ4n) is 3.74. The van der Waals surface area contributed by atoms with Crippen LogP contribution in [0.3, 0.4) is 0 Å². The normalized spacial score (nSPS) is 10.9. The molecule has 0 radical (unpaired) electrons. The summed E-state index contributed by atoms with van der Waals surface area (Å²) in [5.74, 6) is 0.0737. The van der Waals surface area contributed by atoms with Crippen LogP contribution in [0, 0.1) is 5.82 Å². The van der Waals surface area contributed by atoms with Crippen molar-refractivity contribution in [2.24, 2.45) is 0 Å².